The van der Waals surface area contributed by atoms with Gasteiger partial charge in [0.1, 0.15) is 5.69 Å². The molecule has 3 rings (SSSR count). The second-order valence-corrected chi connectivity index (χ2v) is 6.10. The summed E-state index contributed by atoms with van der Waals surface area (Å²) in [6.45, 7) is 1.10. The Kier molecular flexibility index (Phi) is 5.59. The van der Waals surface area contributed by atoms with Crippen LogP contribution in [0.15, 0.2) is 54.7 Å². The Balaban J connectivity index is 1.62. The number of rotatable bonds is 6. The summed E-state index contributed by atoms with van der Waals surface area (Å²) in [7, 11) is 0. The van der Waals surface area contributed by atoms with Crippen molar-refractivity contribution in [2.45, 2.75) is 13.3 Å². The predicted molar refractivity (Wildman–Crippen MR) is 103 cm³/mol. The lowest BCUT2D eigenvalue weighted by Crippen LogP contribution is -2.22. The van der Waals surface area contributed by atoms with Gasteiger partial charge in [0.25, 0.3) is 11.6 Å². The second kappa shape index (κ2) is 8.26. The highest BCUT2D eigenvalue weighted by Crippen LogP contribution is 2.27. The highest BCUT2D eigenvalue weighted by atomic mass is 16.6. The third-order valence-electron chi connectivity index (χ3n) is 4.13. The fourth-order valence-electron chi connectivity index (χ4n) is 2.81. The number of carbonyl (C=O) groups excluding carboxylic acids is 2. The summed E-state index contributed by atoms with van der Waals surface area (Å²) >= 11 is 0. The molecule has 0 spiro atoms. The molecular weight excluding hydrogens is 362 g/mol. The molecule has 3 aromatic rings. The van der Waals surface area contributed by atoms with E-state index in [2.05, 4.69) is 10.3 Å². The minimum Gasteiger partial charge on any atom is -0.455 e. The topological polar surface area (TPSA) is 111 Å². The van der Waals surface area contributed by atoms with Crippen molar-refractivity contribution in [2.24, 2.45) is 0 Å². The van der Waals surface area contributed by atoms with E-state index in [4.69, 9.17) is 4.74 Å². The standard InChI is InChI=1S/C20H17N3O5/c1-13-5-2-9-16(23(26)27)19(13)22-17(24)12-28-18(25)11-15-7-3-6-14-8-4-10-21-20(14)15/h2-10H,11-12H2,1H3,(H,22,24). The first-order valence-electron chi connectivity index (χ1n) is 8.48. The van der Waals surface area contributed by atoms with Crippen molar-refractivity contribution in [3.63, 3.8) is 0 Å². The summed E-state index contributed by atoms with van der Waals surface area (Å²) in [5.41, 5.74) is 1.80. The van der Waals surface area contributed by atoms with E-state index in [0.717, 1.165) is 5.39 Å². The number of nitrogens with one attached hydrogen (secondary N) is 1. The predicted octanol–water partition coefficient (Wildman–Crippen LogP) is 3.18. The number of ether oxygens (including phenoxy) is 1. The lowest BCUT2D eigenvalue weighted by Gasteiger charge is -2.10. The number of hydrogen-bond donors (Lipinski definition) is 1. The summed E-state index contributed by atoms with van der Waals surface area (Å²) in [5.74, 6) is -1.24. The quantitative estimate of drug-likeness (QED) is 0.400. The van der Waals surface area contributed by atoms with E-state index in [1.165, 1.54) is 12.1 Å². The Morgan fingerprint density at radius 2 is 1.89 bits per heavy atom. The van der Waals surface area contributed by atoms with Crippen LogP contribution in [0.1, 0.15) is 11.1 Å². The van der Waals surface area contributed by atoms with Crippen LogP contribution in [0.3, 0.4) is 0 Å². The van der Waals surface area contributed by atoms with Crippen LogP contribution in [0.4, 0.5) is 11.4 Å². The number of esters is 1. The number of amides is 1. The fraction of sp³-hybridized carbons (Fsp3) is 0.150. The number of fused-ring (bicyclic) bond motifs is 1. The smallest absolute Gasteiger partial charge is 0.310 e. The van der Waals surface area contributed by atoms with Crippen molar-refractivity contribution in [1.29, 1.82) is 0 Å². The monoisotopic (exact) mass is 379 g/mol. The third-order valence-corrected chi connectivity index (χ3v) is 4.13. The summed E-state index contributed by atoms with van der Waals surface area (Å²) in [6.07, 6.45) is 1.60. The summed E-state index contributed by atoms with van der Waals surface area (Å²) < 4.78 is 5.02. The molecule has 0 unspecified atom stereocenters. The number of nitro groups is 1. The molecule has 0 bridgehead atoms. The first kappa shape index (κ1) is 19.0. The number of carbonyl (C=O) groups is 2. The molecule has 0 radical (unpaired) electrons. The SMILES string of the molecule is Cc1cccc([N+](=O)[O-])c1NC(=O)COC(=O)Cc1cccc2cccnc12. The maximum atomic E-state index is 12.1. The number of anilines is 1. The summed E-state index contributed by atoms with van der Waals surface area (Å²) in [6, 6.07) is 13.6. The van der Waals surface area contributed by atoms with Crippen LogP contribution < -0.4 is 5.32 Å². The van der Waals surface area contributed by atoms with Gasteiger partial charge in [-0.3, -0.25) is 24.7 Å². The number of nitrogens with zero attached hydrogens (tertiary/aromatic N) is 2. The summed E-state index contributed by atoms with van der Waals surface area (Å²) in [4.78, 5) is 39.0. The van der Waals surface area contributed by atoms with Gasteiger partial charge in [0.2, 0.25) is 0 Å². The van der Waals surface area contributed by atoms with Gasteiger partial charge in [0, 0.05) is 17.6 Å². The van der Waals surface area contributed by atoms with E-state index in [0.29, 0.717) is 16.6 Å². The Labute approximate surface area is 160 Å². The first-order chi connectivity index (χ1) is 13.5. The van der Waals surface area contributed by atoms with Crippen molar-refractivity contribution >= 4 is 34.2 Å². The van der Waals surface area contributed by atoms with Gasteiger partial charge < -0.3 is 10.1 Å². The highest BCUT2D eigenvalue weighted by Gasteiger charge is 2.18. The Morgan fingerprint density at radius 3 is 2.68 bits per heavy atom. The van der Waals surface area contributed by atoms with E-state index >= 15 is 0 Å². The van der Waals surface area contributed by atoms with Crippen molar-refractivity contribution in [3.8, 4) is 0 Å². The average molecular weight is 379 g/mol. The molecule has 0 atom stereocenters. The second-order valence-electron chi connectivity index (χ2n) is 6.10. The molecule has 0 saturated carbocycles. The van der Waals surface area contributed by atoms with Gasteiger partial charge in [0.05, 0.1) is 16.9 Å². The number of para-hydroxylation sites is 2. The molecule has 8 nitrogen and oxygen atoms in total. The van der Waals surface area contributed by atoms with Gasteiger partial charge in [-0.25, -0.2) is 0 Å². The zero-order valence-corrected chi connectivity index (χ0v) is 15.0. The van der Waals surface area contributed by atoms with Crippen LogP contribution >= 0.6 is 0 Å². The number of benzene rings is 2. The Hall–Kier alpha value is -3.81. The van der Waals surface area contributed by atoms with E-state index in [9.17, 15) is 19.7 Å². The number of pyridine rings is 1. The van der Waals surface area contributed by atoms with Gasteiger partial charge in [-0.2, -0.15) is 0 Å². The maximum absolute atomic E-state index is 12.1. The van der Waals surface area contributed by atoms with Crippen LogP contribution in [0.5, 0.6) is 0 Å². The molecule has 1 N–H and O–H groups in total. The molecule has 1 amide bonds. The zero-order chi connectivity index (χ0) is 20.1. The highest BCUT2D eigenvalue weighted by molar-refractivity contribution is 5.96. The molecule has 0 fully saturated rings. The normalized spacial score (nSPS) is 10.5. The van der Waals surface area contributed by atoms with E-state index < -0.39 is 23.4 Å². The molecule has 8 heteroatoms. The molecule has 0 aliphatic rings. The van der Waals surface area contributed by atoms with Gasteiger partial charge >= 0.3 is 5.97 Å². The van der Waals surface area contributed by atoms with Crippen molar-refractivity contribution in [3.05, 3.63) is 76.0 Å². The molecule has 0 aliphatic heterocycles. The molecule has 28 heavy (non-hydrogen) atoms. The molecule has 1 aromatic heterocycles. The Morgan fingerprint density at radius 1 is 1.14 bits per heavy atom. The summed E-state index contributed by atoms with van der Waals surface area (Å²) in [5, 5.41) is 14.4. The van der Waals surface area contributed by atoms with Gasteiger partial charge in [0.15, 0.2) is 6.61 Å². The average Bonchev–Trinajstić information content (AvgIpc) is 2.68. The van der Waals surface area contributed by atoms with Crippen molar-refractivity contribution in [1.82, 2.24) is 4.98 Å². The third kappa shape index (κ3) is 4.29. The molecule has 2 aromatic carbocycles. The lowest BCUT2D eigenvalue weighted by atomic mass is 10.1. The lowest BCUT2D eigenvalue weighted by molar-refractivity contribution is -0.384. The van der Waals surface area contributed by atoms with Gasteiger partial charge in [-0.05, 0) is 24.1 Å². The van der Waals surface area contributed by atoms with Crippen molar-refractivity contribution < 1.29 is 19.2 Å². The van der Waals surface area contributed by atoms with Gasteiger partial charge in [-0.15, -0.1) is 0 Å². The van der Waals surface area contributed by atoms with E-state index in [1.54, 1.807) is 31.3 Å². The van der Waals surface area contributed by atoms with Crippen LogP contribution in [-0.2, 0) is 20.7 Å². The van der Waals surface area contributed by atoms with Crippen molar-refractivity contribution in [2.75, 3.05) is 11.9 Å². The minimum atomic E-state index is -0.651. The molecular formula is C20H17N3O5. The Bertz CT molecular complexity index is 1060. The molecule has 142 valence electrons. The largest absolute Gasteiger partial charge is 0.455 e. The van der Waals surface area contributed by atoms with Crippen LogP contribution in [0.25, 0.3) is 10.9 Å². The molecule has 0 saturated heterocycles. The fourth-order valence-corrected chi connectivity index (χ4v) is 2.81. The number of aryl methyl sites for hydroxylation is 1. The molecule has 0 aliphatic carbocycles. The maximum Gasteiger partial charge on any atom is 0.310 e. The van der Waals surface area contributed by atoms with E-state index in [-0.39, 0.29) is 17.8 Å². The number of aromatic nitrogens is 1. The zero-order valence-electron chi connectivity index (χ0n) is 15.0. The first-order valence-corrected chi connectivity index (χ1v) is 8.48. The van der Waals surface area contributed by atoms with Crippen LogP contribution in [0.2, 0.25) is 0 Å². The van der Waals surface area contributed by atoms with Crippen LogP contribution in [0, 0.1) is 17.0 Å². The number of hydrogen-bond acceptors (Lipinski definition) is 6. The number of nitro benzene ring substituents is 1. The van der Waals surface area contributed by atoms with Gasteiger partial charge in [-0.1, -0.05) is 36.4 Å². The minimum absolute atomic E-state index is 0.0356. The molecule has 1 heterocycles. The van der Waals surface area contributed by atoms with Crippen LogP contribution in [-0.4, -0.2) is 28.4 Å². The van der Waals surface area contributed by atoms with E-state index in [1.807, 2.05) is 18.2 Å².